The summed E-state index contributed by atoms with van der Waals surface area (Å²) < 4.78 is 31.4. The number of sulfonamides is 1. The number of rotatable bonds is 9. The Morgan fingerprint density at radius 1 is 1.03 bits per heavy atom. The van der Waals surface area contributed by atoms with Crippen LogP contribution in [0.4, 0.5) is 5.69 Å². The monoisotopic (exact) mass is 430 g/mol. The molecule has 0 aliphatic heterocycles. The fourth-order valence-corrected chi connectivity index (χ4v) is 4.54. The largest absolute Gasteiger partial charge is 0.489 e. The van der Waals surface area contributed by atoms with Crippen LogP contribution in [0.3, 0.4) is 0 Å². The topological polar surface area (TPSA) is 75.7 Å². The molecule has 2 aromatic rings. The van der Waals surface area contributed by atoms with E-state index in [2.05, 4.69) is 5.32 Å². The standard InChI is InChI=1S/C23H30N2O4S/c1-30(27,28)25(17-23(26)24-16-19-8-4-2-5-9-19)21-12-14-22(15-13-21)29-18-20-10-6-3-7-11-20/h3,6-7,10-15,19H,2,4-5,8-9,16-18H2,1H3,(H,24,26). The third-order valence-electron chi connectivity index (χ3n) is 5.37. The summed E-state index contributed by atoms with van der Waals surface area (Å²) >= 11 is 0. The van der Waals surface area contributed by atoms with E-state index in [1.165, 1.54) is 19.3 Å². The van der Waals surface area contributed by atoms with Gasteiger partial charge < -0.3 is 10.1 Å². The van der Waals surface area contributed by atoms with E-state index in [0.717, 1.165) is 29.0 Å². The Bertz CT molecular complexity index is 908. The molecule has 0 heterocycles. The molecule has 1 amide bonds. The van der Waals surface area contributed by atoms with Gasteiger partial charge in [0, 0.05) is 6.54 Å². The number of amides is 1. The predicted molar refractivity (Wildman–Crippen MR) is 119 cm³/mol. The zero-order chi connectivity index (χ0) is 21.4. The molecule has 1 N–H and O–H groups in total. The smallest absolute Gasteiger partial charge is 0.240 e. The number of ether oxygens (including phenoxy) is 1. The summed E-state index contributed by atoms with van der Waals surface area (Å²) in [6.45, 7) is 0.817. The molecule has 1 fully saturated rings. The number of nitrogens with one attached hydrogen (secondary N) is 1. The highest BCUT2D eigenvalue weighted by molar-refractivity contribution is 7.92. The molecule has 0 radical (unpaired) electrons. The van der Waals surface area contributed by atoms with Gasteiger partial charge in [-0.05, 0) is 48.6 Å². The molecule has 6 nitrogen and oxygen atoms in total. The van der Waals surface area contributed by atoms with Gasteiger partial charge >= 0.3 is 0 Å². The second-order valence-electron chi connectivity index (χ2n) is 7.85. The quantitative estimate of drug-likeness (QED) is 0.658. The zero-order valence-electron chi connectivity index (χ0n) is 17.4. The van der Waals surface area contributed by atoms with E-state index in [1.54, 1.807) is 24.3 Å². The molecule has 0 unspecified atom stereocenters. The van der Waals surface area contributed by atoms with Crippen molar-refractivity contribution in [3.8, 4) is 5.75 Å². The molecule has 0 bridgehead atoms. The molecular weight excluding hydrogens is 400 g/mol. The number of anilines is 1. The van der Waals surface area contributed by atoms with Crippen LogP contribution in [0.15, 0.2) is 54.6 Å². The Kier molecular flexibility index (Phi) is 7.74. The van der Waals surface area contributed by atoms with Crippen LogP contribution >= 0.6 is 0 Å². The molecule has 0 aromatic heterocycles. The second kappa shape index (κ2) is 10.5. The van der Waals surface area contributed by atoms with Crippen LogP contribution in [0.1, 0.15) is 37.7 Å². The first kappa shape index (κ1) is 22.2. The van der Waals surface area contributed by atoms with Crippen molar-refractivity contribution in [2.24, 2.45) is 5.92 Å². The molecule has 1 aliphatic rings. The first-order valence-electron chi connectivity index (χ1n) is 10.4. The number of benzene rings is 2. The van der Waals surface area contributed by atoms with E-state index in [4.69, 9.17) is 4.74 Å². The molecule has 0 saturated heterocycles. The minimum atomic E-state index is -3.59. The maximum absolute atomic E-state index is 12.4. The Morgan fingerprint density at radius 3 is 2.33 bits per heavy atom. The van der Waals surface area contributed by atoms with E-state index in [9.17, 15) is 13.2 Å². The maximum atomic E-state index is 12.4. The van der Waals surface area contributed by atoms with Gasteiger partial charge in [0.15, 0.2) is 0 Å². The van der Waals surface area contributed by atoms with Gasteiger partial charge in [-0.15, -0.1) is 0 Å². The number of carbonyl (C=O) groups is 1. The van der Waals surface area contributed by atoms with E-state index < -0.39 is 10.0 Å². The molecule has 0 atom stereocenters. The molecule has 30 heavy (non-hydrogen) atoms. The van der Waals surface area contributed by atoms with Crippen molar-refractivity contribution in [3.63, 3.8) is 0 Å². The average molecular weight is 431 g/mol. The molecule has 2 aromatic carbocycles. The summed E-state index contributed by atoms with van der Waals surface area (Å²) in [7, 11) is -3.59. The highest BCUT2D eigenvalue weighted by Gasteiger charge is 2.22. The van der Waals surface area contributed by atoms with Crippen molar-refractivity contribution < 1.29 is 17.9 Å². The van der Waals surface area contributed by atoms with E-state index in [-0.39, 0.29) is 12.5 Å². The van der Waals surface area contributed by atoms with Gasteiger partial charge in [0.05, 0.1) is 11.9 Å². The highest BCUT2D eigenvalue weighted by atomic mass is 32.2. The fraction of sp³-hybridized carbons (Fsp3) is 0.435. The zero-order valence-corrected chi connectivity index (χ0v) is 18.2. The lowest BCUT2D eigenvalue weighted by molar-refractivity contribution is -0.119. The third kappa shape index (κ3) is 6.76. The van der Waals surface area contributed by atoms with Crippen LogP contribution in [0.5, 0.6) is 5.75 Å². The van der Waals surface area contributed by atoms with Crippen LogP contribution in [0.2, 0.25) is 0 Å². The van der Waals surface area contributed by atoms with Crippen molar-refractivity contribution >= 4 is 21.6 Å². The fourth-order valence-electron chi connectivity index (χ4n) is 3.69. The SMILES string of the molecule is CS(=O)(=O)N(CC(=O)NCC1CCCCC1)c1ccc(OCc2ccccc2)cc1. The summed E-state index contributed by atoms with van der Waals surface area (Å²) in [5, 5.41) is 2.90. The van der Waals surface area contributed by atoms with Gasteiger partial charge in [0.1, 0.15) is 18.9 Å². The minimum Gasteiger partial charge on any atom is -0.489 e. The lowest BCUT2D eigenvalue weighted by atomic mass is 9.89. The van der Waals surface area contributed by atoms with Gasteiger partial charge in [0.2, 0.25) is 15.9 Å². The van der Waals surface area contributed by atoms with Crippen molar-refractivity contribution in [2.45, 2.75) is 38.7 Å². The summed E-state index contributed by atoms with van der Waals surface area (Å²) in [4.78, 5) is 12.4. The van der Waals surface area contributed by atoms with Gasteiger partial charge in [0.25, 0.3) is 0 Å². The lowest BCUT2D eigenvalue weighted by Crippen LogP contribution is -2.41. The van der Waals surface area contributed by atoms with Crippen LogP contribution in [-0.4, -0.2) is 33.7 Å². The number of hydrogen-bond donors (Lipinski definition) is 1. The Morgan fingerprint density at radius 2 is 1.70 bits per heavy atom. The Balaban J connectivity index is 1.58. The highest BCUT2D eigenvalue weighted by Crippen LogP contribution is 2.24. The van der Waals surface area contributed by atoms with Gasteiger partial charge in [-0.25, -0.2) is 8.42 Å². The molecule has 7 heteroatoms. The van der Waals surface area contributed by atoms with Crippen LogP contribution in [0, 0.1) is 5.92 Å². The number of carbonyl (C=O) groups excluding carboxylic acids is 1. The molecule has 0 spiro atoms. The molecule has 162 valence electrons. The van der Waals surface area contributed by atoms with E-state index in [1.807, 2.05) is 30.3 Å². The average Bonchev–Trinajstić information content (AvgIpc) is 2.76. The molecule has 3 rings (SSSR count). The summed E-state index contributed by atoms with van der Waals surface area (Å²) in [6, 6.07) is 16.6. The first-order valence-corrected chi connectivity index (χ1v) is 12.3. The summed E-state index contributed by atoms with van der Waals surface area (Å²) in [6.07, 6.45) is 7.03. The molecule has 1 aliphatic carbocycles. The van der Waals surface area contributed by atoms with Crippen molar-refractivity contribution in [1.29, 1.82) is 0 Å². The molecule has 1 saturated carbocycles. The maximum Gasteiger partial charge on any atom is 0.240 e. The summed E-state index contributed by atoms with van der Waals surface area (Å²) in [5.41, 5.74) is 1.49. The van der Waals surface area contributed by atoms with Crippen LogP contribution < -0.4 is 14.4 Å². The van der Waals surface area contributed by atoms with Crippen molar-refractivity contribution in [3.05, 3.63) is 60.2 Å². The predicted octanol–water partition coefficient (Wildman–Crippen LogP) is 3.73. The van der Waals surface area contributed by atoms with Crippen molar-refractivity contribution in [1.82, 2.24) is 5.32 Å². The van der Waals surface area contributed by atoms with Gasteiger partial charge in [-0.1, -0.05) is 49.6 Å². The lowest BCUT2D eigenvalue weighted by Gasteiger charge is -2.24. The Labute approximate surface area is 179 Å². The normalized spacial score (nSPS) is 14.8. The first-order chi connectivity index (χ1) is 14.4. The van der Waals surface area contributed by atoms with Crippen LogP contribution in [0.25, 0.3) is 0 Å². The minimum absolute atomic E-state index is 0.226. The van der Waals surface area contributed by atoms with Crippen molar-refractivity contribution in [2.75, 3.05) is 23.7 Å². The third-order valence-corrected chi connectivity index (χ3v) is 6.51. The summed E-state index contributed by atoms with van der Waals surface area (Å²) in [5.74, 6) is 0.851. The number of hydrogen-bond acceptors (Lipinski definition) is 4. The molecular formula is C23H30N2O4S. The number of nitrogens with zero attached hydrogens (tertiary/aromatic N) is 1. The van der Waals surface area contributed by atoms with Crippen LogP contribution in [-0.2, 0) is 21.4 Å². The van der Waals surface area contributed by atoms with E-state index in [0.29, 0.717) is 30.5 Å². The van der Waals surface area contributed by atoms with Gasteiger partial charge in [-0.2, -0.15) is 0 Å². The van der Waals surface area contributed by atoms with Gasteiger partial charge in [-0.3, -0.25) is 9.10 Å². The Hall–Kier alpha value is -2.54. The second-order valence-corrected chi connectivity index (χ2v) is 9.75. The van der Waals surface area contributed by atoms with E-state index >= 15 is 0 Å².